The van der Waals surface area contributed by atoms with Crippen molar-refractivity contribution in [1.29, 1.82) is 0 Å². The van der Waals surface area contributed by atoms with E-state index in [1.807, 2.05) is 0 Å². The normalized spacial score (nSPS) is 42.9. The van der Waals surface area contributed by atoms with Crippen LogP contribution in [-0.2, 0) is 4.79 Å². The summed E-state index contributed by atoms with van der Waals surface area (Å²) in [6, 6.07) is 0. The second kappa shape index (κ2) is 2.34. The van der Waals surface area contributed by atoms with Gasteiger partial charge in [-0.3, -0.25) is 4.79 Å². The molecule has 2 aliphatic rings. The van der Waals surface area contributed by atoms with Crippen LogP contribution in [0.5, 0.6) is 0 Å². The first-order valence-electron chi connectivity index (χ1n) is 4.52. The number of hydrogen-bond donors (Lipinski definition) is 0. The van der Waals surface area contributed by atoms with Crippen molar-refractivity contribution in [3.8, 4) is 0 Å². The van der Waals surface area contributed by atoms with Crippen molar-refractivity contribution in [2.75, 3.05) is 0 Å². The van der Waals surface area contributed by atoms with Crippen LogP contribution in [0.4, 0.5) is 0 Å². The molecule has 2 fully saturated rings. The van der Waals surface area contributed by atoms with E-state index in [1.165, 1.54) is 6.42 Å². The van der Waals surface area contributed by atoms with Gasteiger partial charge in [-0.25, -0.2) is 0 Å². The Morgan fingerprint density at radius 1 is 1.33 bits per heavy atom. The van der Waals surface area contributed by atoms with Crippen molar-refractivity contribution in [2.24, 2.45) is 16.7 Å². The molecule has 4 radical (unpaired) electrons. The van der Waals surface area contributed by atoms with E-state index in [0.29, 0.717) is 11.7 Å². The van der Waals surface area contributed by atoms with Crippen LogP contribution in [0.1, 0.15) is 40.0 Å². The maximum absolute atomic E-state index is 11.6. The van der Waals surface area contributed by atoms with Crippen molar-refractivity contribution >= 4 is 5.78 Å². The summed E-state index contributed by atoms with van der Waals surface area (Å²) in [5.74, 6) is 1.19. The first-order chi connectivity index (χ1) is 4.98. The summed E-state index contributed by atoms with van der Waals surface area (Å²) in [6.45, 7) is 6.67. The molecule has 2 unspecified atom stereocenters. The summed E-state index contributed by atoms with van der Waals surface area (Å²) >= 11 is 0. The van der Waals surface area contributed by atoms with Gasteiger partial charge in [0.1, 0.15) is 5.78 Å². The van der Waals surface area contributed by atoms with E-state index in [4.69, 9.17) is 0 Å². The van der Waals surface area contributed by atoms with E-state index in [9.17, 15) is 4.79 Å². The standard InChI is InChI=1S/C10H16O.C/c1-9(2)7-4-5-10(9,3)8(11)6-7;/h7H,4-6H2,1-3H3;. The van der Waals surface area contributed by atoms with E-state index < -0.39 is 0 Å². The Balaban J connectivity index is 0.000000720. The van der Waals surface area contributed by atoms with E-state index in [1.54, 1.807) is 0 Å². The highest BCUT2D eigenvalue weighted by molar-refractivity contribution is 5.89. The van der Waals surface area contributed by atoms with Crippen LogP contribution >= 0.6 is 0 Å². The maximum Gasteiger partial charge on any atom is 0.139 e. The summed E-state index contributed by atoms with van der Waals surface area (Å²) in [5.41, 5.74) is 0.307. The molecule has 2 saturated carbocycles. The van der Waals surface area contributed by atoms with Crippen LogP contribution < -0.4 is 0 Å². The van der Waals surface area contributed by atoms with E-state index in [0.717, 1.165) is 12.8 Å². The van der Waals surface area contributed by atoms with Gasteiger partial charge >= 0.3 is 0 Å². The molecule has 0 aromatic carbocycles. The molecular formula is C11H16O. The highest BCUT2D eigenvalue weighted by Gasteiger charge is 2.61. The van der Waals surface area contributed by atoms with Gasteiger partial charge in [0.2, 0.25) is 0 Å². The summed E-state index contributed by atoms with van der Waals surface area (Å²) in [7, 11) is 0. The smallest absolute Gasteiger partial charge is 0.139 e. The van der Waals surface area contributed by atoms with Crippen molar-refractivity contribution in [3.05, 3.63) is 7.43 Å². The van der Waals surface area contributed by atoms with Gasteiger partial charge < -0.3 is 0 Å². The molecule has 0 N–H and O–H groups in total. The quantitative estimate of drug-likeness (QED) is 0.537. The summed E-state index contributed by atoms with van der Waals surface area (Å²) in [6.07, 6.45) is 3.25. The summed E-state index contributed by atoms with van der Waals surface area (Å²) in [5, 5.41) is 0. The third-order valence-corrected chi connectivity index (χ3v) is 4.48. The topological polar surface area (TPSA) is 17.1 Å². The monoisotopic (exact) mass is 164 g/mol. The third-order valence-electron chi connectivity index (χ3n) is 4.48. The fraction of sp³-hybridized carbons (Fsp3) is 0.818. The Labute approximate surface area is 75.5 Å². The molecule has 0 aromatic rings. The van der Waals surface area contributed by atoms with Gasteiger partial charge in [0.25, 0.3) is 0 Å². The average Bonchev–Trinajstić information content (AvgIpc) is 2.20. The van der Waals surface area contributed by atoms with Crippen molar-refractivity contribution in [3.63, 3.8) is 0 Å². The van der Waals surface area contributed by atoms with Crippen molar-refractivity contribution < 1.29 is 4.79 Å². The second-order valence-corrected chi connectivity index (χ2v) is 4.92. The van der Waals surface area contributed by atoms with Crippen LogP contribution in [-0.4, -0.2) is 5.78 Å². The lowest BCUT2D eigenvalue weighted by Gasteiger charge is -2.32. The minimum atomic E-state index is 0. The molecule has 1 nitrogen and oxygen atoms in total. The van der Waals surface area contributed by atoms with Crippen LogP contribution in [0, 0.1) is 24.2 Å². The predicted molar refractivity (Wildman–Crippen MR) is 47.5 cm³/mol. The van der Waals surface area contributed by atoms with Crippen LogP contribution in [0.2, 0.25) is 0 Å². The fourth-order valence-electron chi connectivity index (χ4n) is 2.90. The summed E-state index contributed by atoms with van der Waals surface area (Å²) in [4.78, 5) is 11.6. The Morgan fingerprint density at radius 2 is 1.92 bits per heavy atom. The maximum atomic E-state index is 11.6. The molecule has 0 amide bonds. The third kappa shape index (κ3) is 0.773. The van der Waals surface area contributed by atoms with Gasteiger partial charge in [0.05, 0.1) is 0 Å². The van der Waals surface area contributed by atoms with Gasteiger partial charge in [-0.15, -0.1) is 0 Å². The van der Waals surface area contributed by atoms with Crippen LogP contribution in [0.15, 0.2) is 0 Å². The Morgan fingerprint density at radius 3 is 2.08 bits per heavy atom. The molecule has 66 valence electrons. The fourth-order valence-corrected chi connectivity index (χ4v) is 2.90. The van der Waals surface area contributed by atoms with Gasteiger partial charge in [-0.2, -0.15) is 0 Å². The number of fused-ring (bicyclic) bond motifs is 2. The molecule has 2 aliphatic carbocycles. The first kappa shape index (κ1) is 9.76. The number of rotatable bonds is 0. The molecule has 0 aromatic heterocycles. The van der Waals surface area contributed by atoms with Crippen molar-refractivity contribution in [2.45, 2.75) is 40.0 Å². The highest BCUT2D eigenvalue weighted by Crippen LogP contribution is 2.63. The van der Waals surface area contributed by atoms with Gasteiger partial charge in [0.15, 0.2) is 0 Å². The molecule has 2 bridgehead atoms. The van der Waals surface area contributed by atoms with Crippen molar-refractivity contribution in [1.82, 2.24) is 0 Å². The first-order valence-corrected chi connectivity index (χ1v) is 4.52. The SMILES string of the molecule is CC12CCC(CC1=O)C2(C)C.[C]. The van der Waals surface area contributed by atoms with Crippen LogP contribution in [0.25, 0.3) is 0 Å². The number of carbonyl (C=O) groups excluding carboxylic acids is 1. The lowest BCUT2D eigenvalue weighted by Crippen LogP contribution is -2.32. The van der Waals surface area contributed by atoms with Gasteiger partial charge in [-0.05, 0) is 24.2 Å². The average molecular weight is 164 g/mol. The second-order valence-electron chi connectivity index (χ2n) is 4.92. The van der Waals surface area contributed by atoms with E-state index in [-0.39, 0.29) is 18.3 Å². The summed E-state index contributed by atoms with van der Waals surface area (Å²) < 4.78 is 0. The largest absolute Gasteiger partial charge is 0.299 e. The van der Waals surface area contributed by atoms with Gasteiger partial charge in [0, 0.05) is 19.3 Å². The Hall–Kier alpha value is -0.330. The molecule has 0 spiro atoms. The molecule has 0 saturated heterocycles. The van der Waals surface area contributed by atoms with E-state index >= 15 is 0 Å². The highest BCUT2D eigenvalue weighted by atomic mass is 16.1. The molecule has 1 heteroatoms. The Bertz CT molecular complexity index is 217. The predicted octanol–water partition coefficient (Wildman–Crippen LogP) is 2.48. The molecule has 12 heavy (non-hydrogen) atoms. The minimum absolute atomic E-state index is 0. The number of ketones is 1. The van der Waals surface area contributed by atoms with Gasteiger partial charge in [-0.1, -0.05) is 20.8 Å². The number of Topliss-reactive ketones (excluding diaryl/α,β-unsaturated/α-hetero) is 1. The molecular weight excluding hydrogens is 148 g/mol. The zero-order valence-corrected chi connectivity index (χ0v) is 8.11. The molecule has 0 heterocycles. The van der Waals surface area contributed by atoms with E-state index in [2.05, 4.69) is 20.8 Å². The lowest BCUT2D eigenvalue weighted by molar-refractivity contribution is -0.128. The number of carbonyl (C=O) groups is 1. The molecule has 0 aliphatic heterocycles. The number of hydrogen-bond acceptors (Lipinski definition) is 1. The zero-order chi connectivity index (χ0) is 8.28. The zero-order valence-electron chi connectivity index (χ0n) is 8.11. The minimum Gasteiger partial charge on any atom is -0.299 e. The molecule has 2 atom stereocenters. The molecule has 2 rings (SSSR count). The van der Waals surface area contributed by atoms with Crippen LogP contribution in [0.3, 0.4) is 0 Å². The lowest BCUT2D eigenvalue weighted by atomic mass is 9.70. The Kier molecular flexibility index (Phi) is 1.90.